The molecule has 7 heteroatoms. The molecule has 5 nitrogen and oxygen atoms in total. The van der Waals surface area contributed by atoms with Gasteiger partial charge in [-0.05, 0) is 37.3 Å². The Bertz CT molecular complexity index is 1060. The number of amides is 1. The second-order valence-electron chi connectivity index (χ2n) is 7.31. The van der Waals surface area contributed by atoms with E-state index in [4.69, 9.17) is 0 Å². The molecule has 1 aliphatic heterocycles. The number of rotatable bonds is 5. The molecule has 0 atom stereocenters. The first-order valence-electron chi connectivity index (χ1n) is 9.83. The zero-order valence-electron chi connectivity index (χ0n) is 16.7. The molecule has 1 amide bonds. The van der Waals surface area contributed by atoms with Crippen LogP contribution in [0, 0.1) is 12.7 Å². The van der Waals surface area contributed by atoms with Crippen molar-refractivity contribution < 1.29 is 14.0 Å². The Morgan fingerprint density at radius 3 is 2.30 bits per heavy atom. The first kappa shape index (κ1) is 20.4. The maximum absolute atomic E-state index is 13.2. The van der Waals surface area contributed by atoms with Crippen molar-refractivity contribution in [2.45, 2.75) is 13.5 Å². The van der Waals surface area contributed by atoms with Gasteiger partial charge in [-0.2, -0.15) is 0 Å². The molecule has 154 valence electrons. The summed E-state index contributed by atoms with van der Waals surface area (Å²) in [6.45, 7) is 5.50. The van der Waals surface area contributed by atoms with Crippen molar-refractivity contribution in [2.75, 3.05) is 26.2 Å². The van der Waals surface area contributed by atoms with Gasteiger partial charge in [0.15, 0.2) is 5.78 Å². The molecule has 0 radical (unpaired) electrons. The number of hydrogen-bond donors (Lipinski definition) is 0. The number of carbonyl (C=O) groups excluding carboxylic acids is 2. The van der Waals surface area contributed by atoms with Crippen LogP contribution < -0.4 is 0 Å². The molecule has 0 N–H and O–H groups in total. The Hall–Kier alpha value is -2.90. The molecule has 1 saturated heterocycles. The van der Waals surface area contributed by atoms with Crippen molar-refractivity contribution in [1.82, 2.24) is 14.8 Å². The fourth-order valence-corrected chi connectivity index (χ4v) is 4.22. The lowest BCUT2D eigenvalue weighted by molar-refractivity contribution is 0.0624. The van der Waals surface area contributed by atoms with Crippen molar-refractivity contribution >= 4 is 23.0 Å². The largest absolute Gasteiger partial charge is 0.336 e. The smallest absolute Gasteiger partial charge is 0.254 e. The van der Waals surface area contributed by atoms with Crippen LogP contribution in [0.1, 0.15) is 37.0 Å². The van der Waals surface area contributed by atoms with Gasteiger partial charge >= 0.3 is 0 Å². The zero-order valence-corrected chi connectivity index (χ0v) is 17.5. The third kappa shape index (κ3) is 4.47. The molecule has 0 aliphatic carbocycles. The number of carbonyl (C=O) groups is 2. The van der Waals surface area contributed by atoms with Crippen LogP contribution in [0.2, 0.25) is 0 Å². The maximum Gasteiger partial charge on any atom is 0.254 e. The van der Waals surface area contributed by atoms with Crippen molar-refractivity contribution in [3.63, 3.8) is 0 Å². The number of aromatic nitrogens is 1. The summed E-state index contributed by atoms with van der Waals surface area (Å²) in [5, 5.41) is 3.13. The van der Waals surface area contributed by atoms with Gasteiger partial charge in [-0.1, -0.05) is 18.2 Å². The highest BCUT2D eigenvalue weighted by Gasteiger charge is 2.26. The molecule has 0 saturated carbocycles. The standard InChI is InChI=1S/C23H22FN3O2S/c1-16-25-19(15-30-16)14-26-10-12-27(13-11-26)23(29)21-5-3-2-4-20(21)22(28)17-6-8-18(24)9-7-17/h2-9,15H,10-14H2,1H3. The Kier molecular flexibility index (Phi) is 6.01. The summed E-state index contributed by atoms with van der Waals surface area (Å²) in [6, 6.07) is 12.2. The number of aryl methyl sites for hydroxylation is 1. The lowest BCUT2D eigenvalue weighted by Gasteiger charge is -2.34. The minimum atomic E-state index is -0.401. The van der Waals surface area contributed by atoms with Gasteiger partial charge in [0.25, 0.3) is 5.91 Å². The summed E-state index contributed by atoms with van der Waals surface area (Å²) in [7, 11) is 0. The monoisotopic (exact) mass is 423 g/mol. The van der Waals surface area contributed by atoms with Gasteiger partial charge in [0.05, 0.1) is 16.3 Å². The Balaban J connectivity index is 1.45. The van der Waals surface area contributed by atoms with Crippen molar-refractivity contribution in [3.8, 4) is 0 Å². The molecule has 0 unspecified atom stereocenters. The average Bonchev–Trinajstić information content (AvgIpc) is 3.18. The SMILES string of the molecule is Cc1nc(CN2CCN(C(=O)c3ccccc3C(=O)c3ccc(F)cc3)CC2)cs1. The normalized spacial score (nSPS) is 14.7. The van der Waals surface area contributed by atoms with Crippen LogP contribution in [-0.4, -0.2) is 52.7 Å². The van der Waals surface area contributed by atoms with Crippen molar-refractivity contribution in [2.24, 2.45) is 0 Å². The molecule has 1 fully saturated rings. The van der Waals surface area contributed by atoms with E-state index >= 15 is 0 Å². The van der Waals surface area contributed by atoms with Gasteiger partial charge < -0.3 is 4.90 Å². The Labute approximate surface area is 178 Å². The number of thiazole rings is 1. The second kappa shape index (κ2) is 8.85. The van der Waals surface area contributed by atoms with Crippen LogP contribution in [0.3, 0.4) is 0 Å². The van der Waals surface area contributed by atoms with Gasteiger partial charge in [0.2, 0.25) is 0 Å². The van der Waals surface area contributed by atoms with E-state index in [0.717, 1.165) is 30.3 Å². The number of hydrogen-bond acceptors (Lipinski definition) is 5. The van der Waals surface area contributed by atoms with E-state index in [1.54, 1.807) is 40.5 Å². The molecule has 2 heterocycles. The number of benzene rings is 2. The Morgan fingerprint density at radius 2 is 1.67 bits per heavy atom. The van der Waals surface area contributed by atoms with Gasteiger partial charge in [-0.15, -0.1) is 11.3 Å². The van der Waals surface area contributed by atoms with Crippen LogP contribution in [0.15, 0.2) is 53.9 Å². The van der Waals surface area contributed by atoms with Gasteiger partial charge in [-0.25, -0.2) is 9.37 Å². The van der Waals surface area contributed by atoms with Gasteiger partial charge in [-0.3, -0.25) is 14.5 Å². The molecule has 4 rings (SSSR count). The fourth-order valence-electron chi connectivity index (χ4n) is 3.61. The number of nitrogens with zero attached hydrogens (tertiary/aromatic N) is 3. The molecule has 3 aromatic rings. The predicted molar refractivity (Wildman–Crippen MR) is 114 cm³/mol. The summed E-state index contributed by atoms with van der Waals surface area (Å²) in [6.07, 6.45) is 0. The zero-order chi connectivity index (χ0) is 21.1. The first-order chi connectivity index (χ1) is 14.5. The van der Waals surface area contributed by atoms with Crippen molar-refractivity contribution in [1.29, 1.82) is 0 Å². The van der Waals surface area contributed by atoms with Crippen LogP contribution >= 0.6 is 11.3 Å². The van der Waals surface area contributed by atoms with Gasteiger partial charge in [0, 0.05) is 49.2 Å². The lowest BCUT2D eigenvalue weighted by atomic mass is 9.97. The molecule has 1 aromatic heterocycles. The molecule has 0 spiro atoms. The summed E-state index contributed by atoms with van der Waals surface area (Å²) >= 11 is 1.64. The van der Waals surface area contributed by atoms with E-state index in [-0.39, 0.29) is 11.7 Å². The minimum absolute atomic E-state index is 0.148. The third-order valence-electron chi connectivity index (χ3n) is 5.22. The average molecular weight is 424 g/mol. The number of halogens is 1. The quantitative estimate of drug-likeness (QED) is 0.586. The molecular weight excluding hydrogens is 401 g/mol. The number of ketones is 1. The molecule has 2 aromatic carbocycles. The summed E-state index contributed by atoms with van der Waals surface area (Å²) in [4.78, 5) is 34.7. The van der Waals surface area contributed by atoms with E-state index in [1.165, 1.54) is 24.3 Å². The molecule has 1 aliphatic rings. The van der Waals surface area contributed by atoms with E-state index in [2.05, 4.69) is 15.3 Å². The van der Waals surface area contributed by atoms with Crippen LogP contribution in [0.4, 0.5) is 4.39 Å². The van der Waals surface area contributed by atoms with E-state index in [9.17, 15) is 14.0 Å². The lowest BCUT2D eigenvalue weighted by Crippen LogP contribution is -2.48. The van der Waals surface area contributed by atoms with Crippen molar-refractivity contribution in [3.05, 3.63) is 87.1 Å². The molecule has 0 bridgehead atoms. The summed E-state index contributed by atoms with van der Waals surface area (Å²) in [5.41, 5.74) is 2.15. The summed E-state index contributed by atoms with van der Waals surface area (Å²) < 4.78 is 13.2. The highest BCUT2D eigenvalue weighted by Crippen LogP contribution is 2.19. The van der Waals surface area contributed by atoms with Crippen LogP contribution in [0.25, 0.3) is 0 Å². The topological polar surface area (TPSA) is 53.5 Å². The fraction of sp³-hybridized carbons (Fsp3) is 0.261. The highest BCUT2D eigenvalue weighted by molar-refractivity contribution is 7.09. The van der Waals surface area contributed by atoms with E-state index < -0.39 is 5.82 Å². The third-order valence-corrected chi connectivity index (χ3v) is 6.04. The van der Waals surface area contributed by atoms with Gasteiger partial charge in [0.1, 0.15) is 5.82 Å². The van der Waals surface area contributed by atoms with E-state index in [0.29, 0.717) is 29.8 Å². The maximum atomic E-state index is 13.2. The first-order valence-corrected chi connectivity index (χ1v) is 10.7. The minimum Gasteiger partial charge on any atom is -0.336 e. The number of piperazine rings is 1. The predicted octanol–water partition coefficient (Wildman–Crippen LogP) is 3.78. The van der Waals surface area contributed by atoms with E-state index in [1.807, 2.05) is 6.92 Å². The highest BCUT2D eigenvalue weighted by atomic mass is 32.1. The van der Waals surface area contributed by atoms with Crippen LogP contribution in [0.5, 0.6) is 0 Å². The molecule has 30 heavy (non-hydrogen) atoms. The summed E-state index contributed by atoms with van der Waals surface area (Å²) in [5.74, 6) is -0.830. The van der Waals surface area contributed by atoms with Crippen LogP contribution in [-0.2, 0) is 6.54 Å². The second-order valence-corrected chi connectivity index (χ2v) is 8.37. The molecular formula is C23H22FN3O2S. The Morgan fingerprint density at radius 1 is 1.00 bits per heavy atom.